The van der Waals surface area contributed by atoms with Crippen LogP contribution in [0, 0.1) is 30.6 Å². The number of aliphatic hydroxyl groups is 2. The molecule has 1 aromatic heterocycles. The van der Waals surface area contributed by atoms with Crippen molar-refractivity contribution < 1.29 is 19.5 Å². The van der Waals surface area contributed by atoms with Crippen molar-refractivity contribution in [2.45, 2.75) is 89.8 Å². The molecule has 0 bridgehead atoms. The zero-order chi connectivity index (χ0) is 24.9. The van der Waals surface area contributed by atoms with Crippen molar-refractivity contribution in [3.05, 3.63) is 45.8 Å². The largest absolute Gasteiger partial charge is 0.368 e. The highest BCUT2D eigenvalue weighted by Crippen LogP contribution is 2.55. The standard InChI is InChI=1S/C28H37ClN2O4/c1-14(2)8-16-10-18(11-16)26-24(17-5-6-17)25(31-35-26)20-12-19(28(33)34)13-21(20)27(32)30-23-7-4-15(3)9-22(23)29/h4,7,9,14,16-21,28,33-34H,5-6,8,10-13H2,1-3H3,(H,30,32). The van der Waals surface area contributed by atoms with Gasteiger partial charge in [-0.15, -0.1) is 0 Å². The summed E-state index contributed by atoms with van der Waals surface area (Å²) >= 11 is 6.37. The lowest BCUT2D eigenvalue weighted by molar-refractivity contribution is -0.120. The average molecular weight is 501 g/mol. The summed E-state index contributed by atoms with van der Waals surface area (Å²) < 4.78 is 6.01. The smallest absolute Gasteiger partial charge is 0.228 e. The summed E-state index contributed by atoms with van der Waals surface area (Å²) in [6.07, 6.45) is 5.22. The molecule has 3 atom stereocenters. The number of anilines is 1. The molecule has 3 fully saturated rings. The third kappa shape index (κ3) is 5.16. The van der Waals surface area contributed by atoms with E-state index in [-0.39, 0.29) is 17.7 Å². The first-order valence-electron chi connectivity index (χ1n) is 13.1. The van der Waals surface area contributed by atoms with Gasteiger partial charge in [-0.3, -0.25) is 4.79 Å². The lowest BCUT2D eigenvalue weighted by Crippen LogP contribution is -2.26. The van der Waals surface area contributed by atoms with E-state index < -0.39 is 12.2 Å². The average Bonchev–Trinajstić information content (AvgIpc) is 3.35. The van der Waals surface area contributed by atoms with Gasteiger partial charge in [-0.2, -0.15) is 0 Å². The number of aliphatic hydroxyl groups excluding tert-OH is 1. The van der Waals surface area contributed by atoms with Gasteiger partial charge in [0.25, 0.3) is 0 Å². The monoisotopic (exact) mass is 500 g/mol. The summed E-state index contributed by atoms with van der Waals surface area (Å²) in [5.41, 5.74) is 3.67. The molecule has 3 saturated carbocycles. The molecule has 6 nitrogen and oxygen atoms in total. The summed E-state index contributed by atoms with van der Waals surface area (Å²) in [7, 11) is 0. The second kappa shape index (κ2) is 9.87. The van der Waals surface area contributed by atoms with E-state index in [1.54, 1.807) is 0 Å². The maximum Gasteiger partial charge on any atom is 0.228 e. The molecular weight excluding hydrogens is 464 g/mol. The van der Waals surface area contributed by atoms with E-state index in [1.807, 2.05) is 25.1 Å². The molecule has 1 amide bonds. The van der Waals surface area contributed by atoms with Gasteiger partial charge in [-0.1, -0.05) is 36.7 Å². The maximum absolute atomic E-state index is 13.5. The Balaban J connectivity index is 1.40. The molecule has 5 rings (SSSR count). The minimum atomic E-state index is -1.46. The Morgan fingerprint density at radius 1 is 1.17 bits per heavy atom. The summed E-state index contributed by atoms with van der Waals surface area (Å²) in [5.74, 6) is 2.17. The van der Waals surface area contributed by atoms with E-state index >= 15 is 0 Å². The van der Waals surface area contributed by atoms with Gasteiger partial charge in [-0.25, -0.2) is 0 Å². The molecule has 0 radical (unpaired) electrons. The van der Waals surface area contributed by atoms with Crippen LogP contribution in [0.3, 0.4) is 0 Å². The van der Waals surface area contributed by atoms with Crippen molar-refractivity contribution in [3.8, 4) is 0 Å². The molecule has 3 aliphatic rings. The molecule has 3 N–H and O–H groups in total. The number of aromatic nitrogens is 1. The lowest BCUT2D eigenvalue weighted by atomic mass is 9.69. The normalized spacial score (nSPS) is 28.5. The van der Waals surface area contributed by atoms with E-state index in [0.29, 0.717) is 41.3 Å². The zero-order valence-electron chi connectivity index (χ0n) is 20.8. The molecule has 2 aromatic rings. The fourth-order valence-electron chi connectivity index (χ4n) is 6.34. The molecular formula is C28H37ClN2O4. The van der Waals surface area contributed by atoms with Crippen LogP contribution in [0.1, 0.15) is 99.1 Å². The summed E-state index contributed by atoms with van der Waals surface area (Å²) in [6, 6.07) is 5.55. The fourth-order valence-corrected chi connectivity index (χ4v) is 6.62. The Labute approximate surface area is 212 Å². The van der Waals surface area contributed by atoms with E-state index in [4.69, 9.17) is 16.1 Å². The van der Waals surface area contributed by atoms with Crippen LogP contribution in [0.25, 0.3) is 0 Å². The second-order valence-corrected chi connectivity index (χ2v) is 12.0. The SMILES string of the molecule is Cc1ccc(NC(=O)C2CC(C(O)O)CC2c2noc(C3CC(CC(C)C)C3)c2C2CC2)c(Cl)c1. The van der Waals surface area contributed by atoms with Crippen LogP contribution in [0.15, 0.2) is 22.7 Å². The number of carbonyl (C=O) groups is 1. The number of hydrogen-bond donors (Lipinski definition) is 3. The highest BCUT2D eigenvalue weighted by Gasteiger charge is 2.48. The van der Waals surface area contributed by atoms with Crippen LogP contribution in [-0.4, -0.2) is 27.6 Å². The molecule has 1 heterocycles. The predicted molar refractivity (Wildman–Crippen MR) is 135 cm³/mol. The van der Waals surface area contributed by atoms with Gasteiger partial charge < -0.3 is 20.1 Å². The van der Waals surface area contributed by atoms with Crippen LogP contribution < -0.4 is 5.32 Å². The van der Waals surface area contributed by atoms with Gasteiger partial charge in [0.1, 0.15) is 5.76 Å². The third-order valence-electron chi connectivity index (χ3n) is 8.27. The number of rotatable bonds is 8. The zero-order valence-corrected chi connectivity index (χ0v) is 21.6. The Kier molecular flexibility index (Phi) is 6.99. The van der Waals surface area contributed by atoms with Crippen molar-refractivity contribution >= 4 is 23.2 Å². The number of hydrogen-bond acceptors (Lipinski definition) is 5. The highest BCUT2D eigenvalue weighted by molar-refractivity contribution is 6.33. The number of benzene rings is 1. The molecule has 3 unspecified atom stereocenters. The number of nitrogens with zero attached hydrogens (tertiary/aromatic N) is 1. The van der Waals surface area contributed by atoms with Crippen molar-refractivity contribution in [1.82, 2.24) is 5.16 Å². The van der Waals surface area contributed by atoms with E-state index in [1.165, 1.54) is 12.0 Å². The van der Waals surface area contributed by atoms with Gasteiger partial charge >= 0.3 is 0 Å². The maximum atomic E-state index is 13.5. The third-order valence-corrected chi connectivity index (χ3v) is 8.58. The summed E-state index contributed by atoms with van der Waals surface area (Å²) in [5, 5.41) is 28.0. The topological polar surface area (TPSA) is 95.6 Å². The number of halogens is 1. The van der Waals surface area contributed by atoms with Crippen molar-refractivity contribution in [3.63, 3.8) is 0 Å². The first-order chi connectivity index (χ1) is 16.7. The summed E-state index contributed by atoms with van der Waals surface area (Å²) in [6.45, 7) is 6.50. The van der Waals surface area contributed by atoms with Crippen LogP contribution in [0.2, 0.25) is 5.02 Å². The highest BCUT2D eigenvalue weighted by atomic mass is 35.5. The lowest BCUT2D eigenvalue weighted by Gasteiger charge is -2.35. The van der Waals surface area contributed by atoms with E-state index in [2.05, 4.69) is 24.3 Å². The van der Waals surface area contributed by atoms with Crippen LogP contribution in [0.4, 0.5) is 5.69 Å². The predicted octanol–water partition coefficient (Wildman–Crippen LogP) is 6.11. The van der Waals surface area contributed by atoms with Gasteiger partial charge in [0.15, 0.2) is 6.29 Å². The Morgan fingerprint density at radius 2 is 1.91 bits per heavy atom. The Morgan fingerprint density at radius 3 is 2.54 bits per heavy atom. The first-order valence-corrected chi connectivity index (χ1v) is 13.5. The van der Waals surface area contributed by atoms with E-state index in [0.717, 1.165) is 48.6 Å². The number of carbonyl (C=O) groups excluding carboxylic acids is 1. The van der Waals surface area contributed by atoms with Crippen molar-refractivity contribution in [2.75, 3.05) is 5.32 Å². The van der Waals surface area contributed by atoms with Gasteiger partial charge in [0, 0.05) is 29.2 Å². The molecule has 190 valence electrons. The Hall–Kier alpha value is -1.89. The molecule has 0 spiro atoms. The number of amides is 1. The van der Waals surface area contributed by atoms with Crippen LogP contribution >= 0.6 is 11.6 Å². The quantitative estimate of drug-likeness (QED) is 0.380. The molecule has 1 aromatic carbocycles. The molecule has 35 heavy (non-hydrogen) atoms. The fraction of sp³-hybridized carbons (Fsp3) is 0.643. The minimum absolute atomic E-state index is 0.157. The van der Waals surface area contributed by atoms with Gasteiger partial charge in [0.05, 0.1) is 16.4 Å². The van der Waals surface area contributed by atoms with E-state index in [9.17, 15) is 15.0 Å². The van der Waals surface area contributed by atoms with Gasteiger partial charge in [-0.05, 0) is 87.3 Å². The Bertz CT molecular complexity index is 1070. The molecule has 0 aliphatic heterocycles. The first kappa shape index (κ1) is 24.8. The minimum Gasteiger partial charge on any atom is -0.368 e. The van der Waals surface area contributed by atoms with Crippen molar-refractivity contribution in [1.29, 1.82) is 0 Å². The number of aryl methyl sites for hydroxylation is 1. The molecule has 3 aliphatic carbocycles. The second-order valence-electron chi connectivity index (χ2n) is 11.6. The van der Waals surface area contributed by atoms with Crippen molar-refractivity contribution in [2.24, 2.45) is 23.7 Å². The molecule has 7 heteroatoms. The van der Waals surface area contributed by atoms with Crippen LogP contribution in [-0.2, 0) is 4.79 Å². The summed E-state index contributed by atoms with van der Waals surface area (Å²) in [4.78, 5) is 13.5. The number of nitrogens with one attached hydrogen (secondary N) is 1. The van der Waals surface area contributed by atoms with Crippen LogP contribution in [0.5, 0.6) is 0 Å². The molecule has 0 saturated heterocycles. The van der Waals surface area contributed by atoms with Gasteiger partial charge in [0.2, 0.25) is 5.91 Å².